The predicted molar refractivity (Wildman–Crippen MR) is 99.3 cm³/mol. The molecule has 1 heterocycles. The first-order valence-electron chi connectivity index (χ1n) is 8.19. The molecule has 3 rings (SSSR count). The van der Waals surface area contributed by atoms with Crippen LogP contribution in [0.1, 0.15) is 12.5 Å². The van der Waals surface area contributed by atoms with Gasteiger partial charge in [0.25, 0.3) is 0 Å². The number of nitrogens with one attached hydrogen (secondary N) is 1. The summed E-state index contributed by atoms with van der Waals surface area (Å²) in [5.41, 5.74) is 2.10. The minimum Gasteiger partial charge on any atom is -0.494 e. The molecule has 0 unspecified atom stereocenters. The number of ether oxygens (including phenoxy) is 1. The van der Waals surface area contributed by atoms with Crippen LogP contribution in [0.15, 0.2) is 60.8 Å². The third kappa shape index (κ3) is 4.67. The number of anilines is 3. The number of hydrogen-bond donors (Lipinski definition) is 1. The van der Waals surface area contributed by atoms with E-state index in [0.717, 1.165) is 23.8 Å². The third-order valence-electron chi connectivity index (χ3n) is 3.62. The predicted octanol–water partition coefficient (Wildman–Crippen LogP) is 3.65. The van der Waals surface area contributed by atoms with E-state index < -0.39 is 0 Å². The van der Waals surface area contributed by atoms with Crippen molar-refractivity contribution in [1.29, 1.82) is 0 Å². The largest absolute Gasteiger partial charge is 0.494 e. The molecule has 0 fully saturated rings. The highest BCUT2D eigenvalue weighted by atomic mass is 16.5. The number of benzene rings is 2. The maximum Gasteiger partial charge on any atom is 0.249 e. The van der Waals surface area contributed by atoms with E-state index in [-0.39, 0.29) is 0 Å². The van der Waals surface area contributed by atoms with Crippen LogP contribution in [0.3, 0.4) is 0 Å². The molecular formula is C19H21N5O. The molecule has 2 aromatic carbocycles. The summed E-state index contributed by atoms with van der Waals surface area (Å²) in [6.07, 6.45) is 1.66. The van der Waals surface area contributed by atoms with E-state index >= 15 is 0 Å². The SMILES string of the molecule is CCOc1ccc(Nc2nncc(N(C)Cc3ccccc3)n2)cc1. The molecule has 0 atom stereocenters. The van der Waals surface area contributed by atoms with Crippen LogP contribution in [-0.4, -0.2) is 28.8 Å². The standard InChI is InChI=1S/C19H21N5O/c1-3-25-17-11-9-16(10-12-17)21-19-22-18(13-20-23-19)24(2)14-15-7-5-4-6-8-15/h4-13H,3,14H2,1-2H3,(H,21,22,23). The van der Waals surface area contributed by atoms with Gasteiger partial charge in [0.1, 0.15) is 5.75 Å². The summed E-state index contributed by atoms with van der Waals surface area (Å²) >= 11 is 0. The van der Waals surface area contributed by atoms with Gasteiger partial charge in [0.2, 0.25) is 5.95 Å². The van der Waals surface area contributed by atoms with E-state index in [2.05, 4.69) is 32.6 Å². The van der Waals surface area contributed by atoms with Gasteiger partial charge >= 0.3 is 0 Å². The van der Waals surface area contributed by atoms with Gasteiger partial charge in [0.05, 0.1) is 12.8 Å². The molecule has 0 aliphatic carbocycles. The van der Waals surface area contributed by atoms with E-state index in [1.165, 1.54) is 5.56 Å². The van der Waals surface area contributed by atoms with Crippen molar-refractivity contribution in [3.05, 3.63) is 66.4 Å². The summed E-state index contributed by atoms with van der Waals surface area (Å²) < 4.78 is 5.44. The van der Waals surface area contributed by atoms with Gasteiger partial charge in [0, 0.05) is 19.3 Å². The van der Waals surface area contributed by atoms with Crippen molar-refractivity contribution in [3.63, 3.8) is 0 Å². The lowest BCUT2D eigenvalue weighted by atomic mass is 10.2. The van der Waals surface area contributed by atoms with Crippen molar-refractivity contribution in [2.75, 3.05) is 23.9 Å². The van der Waals surface area contributed by atoms with Gasteiger partial charge in [-0.05, 0) is 36.8 Å². The zero-order chi connectivity index (χ0) is 17.5. The molecular weight excluding hydrogens is 314 g/mol. The van der Waals surface area contributed by atoms with Crippen molar-refractivity contribution in [3.8, 4) is 5.75 Å². The Kier molecular flexibility index (Phi) is 5.41. The maximum absolute atomic E-state index is 5.44. The Balaban J connectivity index is 1.68. The van der Waals surface area contributed by atoms with E-state index in [9.17, 15) is 0 Å². The van der Waals surface area contributed by atoms with E-state index in [4.69, 9.17) is 4.74 Å². The highest BCUT2D eigenvalue weighted by molar-refractivity contribution is 5.55. The fraction of sp³-hybridized carbons (Fsp3) is 0.211. The molecule has 3 aromatic rings. The molecule has 6 heteroatoms. The second-order valence-corrected chi connectivity index (χ2v) is 5.56. The van der Waals surface area contributed by atoms with Crippen LogP contribution >= 0.6 is 0 Å². The Bertz CT molecular complexity index is 792. The first-order valence-corrected chi connectivity index (χ1v) is 8.19. The van der Waals surface area contributed by atoms with Gasteiger partial charge in [-0.2, -0.15) is 10.1 Å². The molecule has 0 aliphatic rings. The summed E-state index contributed by atoms with van der Waals surface area (Å²) in [6, 6.07) is 17.9. The molecule has 0 aliphatic heterocycles. The molecule has 0 amide bonds. The smallest absolute Gasteiger partial charge is 0.249 e. The number of rotatable bonds is 7. The number of hydrogen-bond acceptors (Lipinski definition) is 6. The van der Waals surface area contributed by atoms with Crippen molar-refractivity contribution in [2.24, 2.45) is 0 Å². The topological polar surface area (TPSA) is 63.2 Å². The summed E-state index contributed by atoms with van der Waals surface area (Å²) in [5, 5.41) is 11.3. The van der Waals surface area contributed by atoms with Crippen molar-refractivity contribution in [2.45, 2.75) is 13.5 Å². The van der Waals surface area contributed by atoms with Gasteiger partial charge in [-0.1, -0.05) is 30.3 Å². The van der Waals surface area contributed by atoms with Crippen LogP contribution in [-0.2, 0) is 6.54 Å². The second-order valence-electron chi connectivity index (χ2n) is 5.56. The Morgan fingerprint density at radius 3 is 2.52 bits per heavy atom. The first-order chi connectivity index (χ1) is 12.2. The quantitative estimate of drug-likeness (QED) is 0.711. The molecule has 128 valence electrons. The first kappa shape index (κ1) is 16.7. The highest BCUT2D eigenvalue weighted by Crippen LogP contribution is 2.19. The van der Waals surface area contributed by atoms with Gasteiger partial charge in [-0.15, -0.1) is 5.10 Å². The normalized spacial score (nSPS) is 10.3. The van der Waals surface area contributed by atoms with Crippen molar-refractivity contribution in [1.82, 2.24) is 15.2 Å². The van der Waals surface area contributed by atoms with Gasteiger partial charge in [0.15, 0.2) is 5.82 Å². The molecule has 0 radical (unpaired) electrons. The molecule has 0 saturated carbocycles. The lowest BCUT2D eigenvalue weighted by molar-refractivity contribution is 0.340. The number of aromatic nitrogens is 3. The lowest BCUT2D eigenvalue weighted by Gasteiger charge is -2.18. The van der Waals surface area contributed by atoms with Crippen LogP contribution in [0.4, 0.5) is 17.5 Å². The van der Waals surface area contributed by atoms with Crippen LogP contribution < -0.4 is 15.0 Å². The fourth-order valence-corrected chi connectivity index (χ4v) is 2.40. The summed E-state index contributed by atoms with van der Waals surface area (Å²) in [4.78, 5) is 6.57. The van der Waals surface area contributed by atoms with Gasteiger partial charge in [-0.3, -0.25) is 0 Å². The van der Waals surface area contributed by atoms with Gasteiger partial charge in [-0.25, -0.2) is 0 Å². The summed E-state index contributed by atoms with van der Waals surface area (Å²) in [6.45, 7) is 3.36. The Morgan fingerprint density at radius 2 is 1.80 bits per heavy atom. The summed E-state index contributed by atoms with van der Waals surface area (Å²) in [7, 11) is 1.98. The Labute approximate surface area is 147 Å². The lowest BCUT2D eigenvalue weighted by Crippen LogP contribution is -2.18. The van der Waals surface area contributed by atoms with Crippen LogP contribution in [0.2, 0.25) is 0 Å². The van der Waals surface area contributed by atoms with E-state index in [1.54, 1.807) is 6.20 Å². The maximum atomic E-state index is 5.44. The minimum absolute atomic E-state index is 0.460. The van der Waals surface area contributed by atoms with Crippen LogP contribution in [0.5, 0.6) is 5.75 Å². The Morgan fingerprint density at radius 1 is 1.04 bits per heavy atom. The zero-order valence-corrected chi connectivity index (χ0v) is 14.4. The molecule has 1 aromatic heterocycles. The average Bonchev–Trinajstić information content (AvgIpc) is 2.65. The van der Waals surface area contributed by atoms with E-state index in [0.29, 0.717) is 12.6 Å². The average molecular weight is 335 g/mol. The minimum atomic E-state index is 0.460. The Hall–Kier alpha value is -3.15. The molecule has 0 saturated heterocycles. The van der Waals surface area contributed by atoms with Crippen molar-refractivity contribution >= 4 is 17.5 Å². The van der Waals surface area contributed by atoms with E-state index in [1.807, 2.05) is 61.3 Å². The molecule has 0 spiro atoms. The zero-order valence-electron chi connectivity index (χ0n) is 14.4. The highest BCUT2D eigenvalue weighted by Gasteiger charge is 2.07. The molecule has 6 nitrogen and oxygen atoms in total. The molecule has 1 N–H and O–H groups in total. The number of nitrogens with zero attached hydrogens (tertiary/aromatic N) is 4. The summed E-state index contributed by atoms with van der Waals surface area (Å²) in [5.74, 6) is 2.05. The van der Waals surface area contributed by atoms with Crippen LogP contribution in [0, 0.1) is 0 Å². The third-order valence-corrected chi connectivity index (χ3v) is 3.62. The van der Waals surface area contributed by atoms with Crippen molar-refractivity contribution < 1.29 is 4.74 Å². The molecule has 25 heavy (non-hydrogen) atoms. The second kappa shape index (κ2) is 8.10. The van der Waals surface area contributed by atoms with Gasteiger partial charge < -0.3 is 15.0 Å². The monoisotopic (exact) mass is 335 g/mol. The molecule has 0 bridgehead atoms. The van der Waals surface area contributed by atoms with Crippen LogP contribution in [0.25, 0.3) is 0 Å². The fourth-order valence-electron chi connectivity index (χ4n) is 2.40.